The molecule has 187 valence electrons. The van der Waals surface area contributed by atoms with Gasteiger partial charge in [0.1, 0.15) is 0 Å². The van der Waals surface area contributed by atoms with Gasteiger partial charge in [0.2, 0.25) is 0 Å². The summed E-state index contributed by atoms with van der Waals surface area (Å²) in [6, 6.07) is 0. The number of hydrogen-bond acceptors (Lipinski definition) is 2. The third-order valence-corrected chi connectivity index (χ3v) is 8.61. The van der Waals surface area contributed by atoms with Gasteiger partial charge in [-0.3, -0.25) is 0 Å². The molecule has 0 aromatic heterocycles. The predicted octanol–water partition coefficient (Wildman–Crippen LogP) is 7.43. The molecular weight excluding hydrogens is 454 g/mol. The van der Waals surface area contributed by atoms with E-state index in [0.717, 1.165) is 17.6 Å². The fourth-order valence-corrected chi connectivity index (χ4v) is 7.32. The van der Waals surface area contributed by atoms with Crippen LogP contribution in [0.4, 0.5) is 0 Å². The van der Waals surface area contributed by atoms with Crippen LogP contribution in [0.1, 0.15) is 132 Å². The molecule has 1 rings (SSSR count). The summed E-state index contributed by atoms with van der Waals surface area (Å²) in [7, 11) is 1.26. The van der Waals surface area contributed by atoms with Crippen LogP contribution in [-0.2, 0) is 19.9 Å². The Hall–Kier alpha value is 1.49. The average Bonchev–Trinajstić information content (AvgIpc) is 2.67. The topological polar surface area (TPSA) is 46.1 Å². The molecule has 0 spiro atoms. The van der Waals surface area contributed by atoms with Gasteiger partial charge in [0, 0.05) is 0 Å². The van der Waals surface area contributed by atoms with Crippen LogP contribution >= 0.6 is 15.2 Å². The molecule has 1 saturated carbocycles. The molecule has 0 saturated heterocycles. The first-order valence-corrected chi connectivity index (χ1v) is 17.9. The Balaban J connectivity index is -0.000000458. The van der Waals surface area contributed by atoms with Crippen molar-refractivity contribution in [3.8, 4) is 0 Å². The Kier molecular flexibility index (Phi) is 33.2. The van der Waals surface area contributed by atoms with E-state index in [4.69, 9.17) is 0 Å². The van der Waals surface area contributed by atoms with Gasteiger partial charge in [0.25, 0.3) is 0 Å². The first-order valence-electron chi connectivity index (χ1n) is 13.1. The Labute approximate surface area is 212 Å². The van der Waals surface area contributed by atoms with Crippen LogP contribution in [0.15, 0.2) is 0 Å². The summed E-state index contributed by atoms with van der Waals surface area (Å²) in [5, 5.41) is 19.1. The van der Waals surface area contributed by atoms with Crippen LogP contribution in [0.3, 0.4) is 0 Å². The average molecular weight is 512 g/mol. The van der Waals surface area contributed by atoms with Crippen molar-refractivity contribution in [2.45, 2.75) is 150 Å². The molecule has 0 heterocycles. The molecule has 3 unspecified atom stereocenters. The van der Waals surface area contributed by atoms with Crippen molar-refractivity contribution in [2.75, 3.05) is 12.3 Å². The summed E-state index contributed by atoms with van der Waals surface area (Å²) >= 11 is 2.26. The minimum absolute atomic E-state index is 0.417. The SMILES string of the molecule is CC(C)[O-].CC(C)[O-].CCCCPC1CCCC(CCC)(CCC)C1.CCCC[PH][Ti+2]. The van der Waals surface area contributed by atoms with E-state index < -0.39 is 12.2 Å². The molecule has 0 N–H and O–H groups in total. The number of hydrogen-bond donors (Lipinski definition) is 0. The molecule has 5 heteroatoms. The van der Waals surface area contributed by atoms with Crippen LogP contribution in [0.2, 0.25) is 0 Å². The van der Waals surface area contributed by atoms with Crippen molar-refractivity contribution in [1.82, 2.24) is 0 Å². The summed E-state index contributed by atoms with van der Waals surface area (Å²) < 4.78 is 0. The molecule has 0 radical (unpaired) electrons. The summed E-state index contributed by atoms with van der Waals surface area (Å²) in [6.07, 6.45) is 19.7. The molecule has 0 bridgehead atoms. The summed E-state index contributed by atoms with van der Waals surface area (Å²) in [5.74, 6) is 0. The van der Waals surface area contributed by atoms with Crippen molar-refractivity contribution in [3.63, 3.8) is 0 Å². The third-order valence-electron chi connectivity index (χ3n) is 5.12. The maximum atomic E-state index is 9.53. The first-order chi connectivity index (χ1) is 14.6. The first kappa shape index (κ1) is 37.1. The van der Waals surface area contributed by atoms with E-state index >= 15 is 0 Å². The molecule has 0 aromatic carbocycles. The van der Waals surface area contributed by atoms with Crippen LogP contribution < -0.4 is 10.2 Å². The molecule has 31 heavy (non-hydrogen) atoms. The van der Waals surface area contributed by atoms with E-state index in [2.05, 4.69) is 47.6 Å². The van der Waals surface area contributed by atoms with Gasteiger partial charge in [-0.1, -0.05) is 74.1 Å². The predicted molar refractivity (Wildman–Crippen MR) is 141 cm³/mol. The number of unbranched alkanes of at least 4 members (excludes halogenated alkanes) is 2. The van der Waals surface area contributed by atoms with Gasteiger partial charge in [0.05, 0.1) is 0 Å². The number of rotatable bonds is 11. The van der Waals surface area contributed by atoms with E-state index in [-0.39, 0.29) is 0 Å². The van der Waals surface area contributed by atoms with Crippen LogP contribution in [0.25, 0.3) is 0 Å². The van der Waals surface area contributed by atoms with E-state index in [1.165, 1.54) is 91.5 Å². The van der Waals surface area contributed by atoms with Crippen LogP contribution in [0.5, 0.6) is 0 Å². The van der Waals surface area contributed by atoms with Gasteiger partial charge in [-0.05, 0) is 55.8 Å². The maximum absolute atomic E-state index is 9.53. The molecule has 0 aliphatic heterocycles. The fourth-order valence-electron chi connectivity index (χ4n) is 4.01. The molecule has 2 nitrogen and oxygen atoms in total. The molecule has 0 aromatic rings. The Morgan fingerprint density at radius 1 is 0.839 bits per heavy atom. The molecule has 1 aliphatic carbocycles. The Morgan fingerprint density at radius 3 is 1.65 bits per heavy atom. The second kappa shape index (κ2) is 27.7. The molecule has 3 atom stereocenters. The molecule has 1 fully saturated rings. The van der Waals surface area contributed by atoms with Crippen molar-refractivity contribution in [2.24, 2.45) is 5.41 Å². The van der Waals surface area contributed by atoms with E-state index in [9.17, 15) is 10.2 Å². The third kappa shape index (κ3) is 31.5. The van der Waals surface area contributed by atoms with E-state index in [1.54, 1.807) is 34.1 Å². The summed E-state index contributed by atoms with van der Waals surface area (Å²) in [6.45, 7) is 16.9. The van der Waals surface area contributed by atoms with Gasteiger partial charge in [0.15, 0.2) is 0 Å². The molecular formula is C26H57O2P2Ti. The van der Waals surface area contributed by atoms with Crippen LogP contribution in [0, 0.1) is 5.41 Å². The summed E-state index contributed by atoms with van der Waals surface area (Å²) in [5.41, 5.74) is 1.85. The normalized spacial score (nSPS) is 17.9. The van der Waals surface area contributed by atoms with Gasteiger partial charge in [-0.2, -0.15) is 0 Å². The van der Waals surface area contributed by atoms with Crippen molar-refractivity contribution in [1.29, 1.82) is 0 Å². The molecule has 1 aliphatic rings. The van der Waals surface area contributed by atoms with E-state index in [1.807, 2.05) is 0 Å². The second-order valence-corrected chi connectivity index (χ2v) is 13.7. The molecule has 0 amide bonds. The Bertz CT molecular complexity index is 302. The van der Waals surface area contributed by atoms with Gasteiger partial charge < -0.3 is 10.2 Å². The minimum atomic E-state index is -0.417. The zero-order valence-corrected chi connectivity index (χ0v) is 26.0. The van der Waals surface area contributed by atoms with Crippen molar-refractivity contribution in [3.05, 3.63) is 0 Å². The van der Waals surface area contributed by atoms with Crippen LogP contribution in [-0.4, -0.2) is 30.2 Å². The van der Waals surface area contributed by atoms with Crippen molar-refractivity contribution < 1.29 is 30.1 Å². The zero-order valence-electron chi connectivity index (χ0n) is 22.4. The quantitative estimate of drug-likeness (QED) is 0.165. The fraction of sp³-hybridized carbons (Fsp3) is 1.00. The van der Waals surface area contributed by atoms with Gasteiger partial charge in [-0.15, -0.1) is 20.8 Å². The van der Waals surface area contributed by atoms with E-state index in [0.29, 0.717) is 0 Å². The zero-order chi connectivity index (χ0) is 24.5. The van der Waals surface area contributed by atoms with Crippen molar-refractivity contribution >= 4 is 15.2 Å². The standard InChI is InChI=1S/C16H33P.C4H10P.2C3H7O.Ti/c1-4-7-13-17-15-9-8-12-16(14-15,10-5-2)11-6-3;1-2-3-4-5;2*1-3(2)4;/h15,17H,4-14H2,1-3H3;5H,2-4H2,1H3;2*3H,1-2H3;/q;3*-1;+3. The second-order valence-electron chi connectivity index (χ2n) is 9.48. The van der Waals surface area contributed by atoms with Gasteiger partial charge >= 0.3 is 52.4 Å². The summed E-state index contributed by atoms with van der Waals surface area (Å²) in [4.78, 5) is 0. The monoisotopic (exact) mass is 511 g/mol. The Morgan fingerprint density at radius 2 is 1.29 bits per heavy atom. The van der Waals surface area contributed by atoms with Gasteiger partial charge in [-0.25, -0.2) is 0 Å².